The standard InChI is InChI=1S/2C6H10N2.C6H6.C5H9N3.C5H5N.3C4H4N2.C4H4O.8C4H10.C3H3N3.C3H4N2.11C2H6/c1-5(2)6-3-7-4-8-6;1-6(2)8-5-3-4-7-8;1-2-4-6-5-3-1;1-4(2)5-6-3-7-8-5;1-2-4-6-5-3-1;1-2-6-4-3-5-1;1-2-5-4-6-3-1;1-2-4-6-5-3-1;1-2-4-5-3-1;8*1-4(2)3;1-2-5-6-3-4-1;1-2-5-3-4-1;11*1-2/h3,5H,4H2,1-2H3;3-6H,1-2H3;1-6H;3-4H,1-2H3,(H,6,7,8);1-5H;3*1-4H;1-4H;8*4H,1-3H3;1-3H;1-3H,(H,4,5);11*1-2H3. The number of furan rings is 1. The molecule has 124 heavy (non-hydrogen) atoms. The van der Waals surface area contributed by atoms with Gasteiger partial charge in [-0.25, -0.2) is 24.9 Å². The van der Waals surface area contributed by atoms with Crippen LogP contribution in [0.15, 0.2) is 242 Å². The van der Waals surface area contributed by atoms with E-state index in [1.807, 2.05) is 254 Å². The summed E-state index contributed by atoms with van der Waals surface area (Å²) in [6.45, 7) is 109. The predicted molar refractivity (Wildman–Crippen MR) is 562 cm³/mol. The first kappa shape index (κ1) is 162. The number of nitrogens with zero attached hydrogens (tertiary/aromatic N) is 17. The molecule has 0 saturated heterocycles. The molecule has 1 aliphatic heterocycles. The number of aliphatic imine (C=N–C) groups is 2. The molecule has 0 saturated carbocycles. The lowest BCUT2D eigenvalue weighted by Gasteiger charge is -2.01. The molecule has 726 valence electrons. The minimum atomic E-state index is 0.456. The molecule has 0 unspecified atom stereocenters. The molecule has 10 heterocycles. The van der Waals surface area contributed by atoms with E-state index in [9.17, 15) is 0 Å². The van der Waals surface area contributed by atoms with Gasteiger partial charge in [0.1, 0.15) is 31.5 Å². The number of hydrogen-bond donors (Lipinski definition) is 2. The van der Waals surface area contributed by atoms with Crippen LogP contribution in [0, 0.1) is 53.3 Å². The average Bonchev–Trinajstić information content (AvgIpc) is 1.90. The first-order valence-corrected chi connectivity index (χ1v) is 46.6. The monoisotopic (exact) mass is 1740 g/mol. The Labute approximate surface area is 773 Å². The Morgan fingerprint density at radius 3 is 0.718 bits per heavy atom. The van der Waals surface area contributed by atoms with Gasteiger partial charge in [-0.2, -0.15) is 25.5 Å². The highest BCUT2D eigenvalue weighted by atomic mass is 16.3. The smallest absolute Gasteiger partial charge is 0.138 e. The Morgan fingerprint density at radius 2 is 0.605 bits per heavy atom. The van der Waals surface area contributed by atoms with Crippen LogP contribution >= 0.6 is 0 Å². The Bertz CT molecular complexity index is 2250. The van der Waals surface area contributed by atoms with Gasteiger partial charge in [-0.05, 0) is 116 Å². The molecule has 0 radical (unpaired) electrons. The van der Waals surface area contributed by atoms with Crippen molar-refractivity contribution in [3.05, 3.63) is 234 Å². The van der Waals surface area contributed by atoms with E-state index in [0.29, 0.717) is 24.5 Å². The summed E-state index contributed by atoms with van der Waals surface area (Å²) in [7, 11) is 0. The average molecular weight is 1740 g/mol. The fourth-order valence-electron chi connectivity index (χ4n) is 3.81. The van der Waals surface area contributed by atoms with Gasteiger partial charge in [0.15, 0.2) is 0 Å². The van der Waals surface area contributed by atoms with Crippen LogP contribution in [-0.2, 0) is 0 Å². The highest BCUT2D eigenvalue weighted by molar-refractivity contribution is 6.32. The fourth-order valence-corrected chi connectivity index (χ4v) is 3.81. The number of imidazole rings is 1. The van der Waals surface area contributed by atoms with Crippen LogP contribution in [0.4, 0.5) is 0 Å². The van der Waals surface area contributed by atoms with Crippen molar-refractivity contribution >= 4 is 11.9 Å². The fraction of sp³-hybridized carbons (Fsp3) is 0.615. The molecule has 1 aromatic carbocycles. The Kier molecular flexibility index (Phi) is 229. The summed E-state index contributed by atoms with van der Waals surface area (Å²) in [4.78, 5) is 40.6. The summed E-state index contributed by atoms with van der Waals surface area (Å²) in [6, 6.07) is 29.2. The third-order valence-corrected chi connectivity index (χ3v) is 7.09. The van der Waals surface area contributed by atoms with E-state index in [1.165, 1.54) is 25.2 Å². The molecule has 20 heteroatoms. The summed E-state index contributed by atoms with van der Waals surface area (Å²) < 4.78 is 6.50. The zero-order chi connectivity index (χ0) is 101. The number of aromatic amines is 2. The van der Waals surface area contributed by atoms with Gasteiger partial charge < -0.3 is 9.40 Å². The zero-order valence-corrected chi connectivity index (χ0v) is 91.0. The van der Waals surface area contributed by atoms with Gasteiger partial charge in [-0.1, -0.05) is 389 Å². The summed E-state index contributed by atoms with van der Waals surface area (Å²) >= 11 is 0. The Balaban J connectivity index is -0.0000000547. The van der Waals surface area contributed by atoms with Crippen molar-refractivity contribution < 1.29 is 4.42 Å². The van der Waals surface area contributed by atoms with Crippen molar-refractivity contribution in [3.8, 4) is 0 Å². The van der Waals surface area contributed by atoms with E-state index < -0.39 is 0 Å². The second kappa shape index (κ2) is 176. The third-order valence-electron chi connectivity index (χ3n) is 7.09. The van der Waals surface area contributed by atoms with Gasteiger partial charge in [-0.3, -0.25) is 34.7 Å². The Hall–Kier alpha value is -9.20. The summed E-state index contributed by atoms with van der Waals surface area (Å²) in [5.74, 6) is 8.61. The number of H-pyrrole nitrogens is 2. The van der Waals surface area contributed by atoms with Crippen LogP contribution in [0.25, 0.3) is 0 Å². The van der Waals surface area contributed by atoms with Gasteiger partial charge in [0.05, 0.1) is 30.8 Å². The topological polar surface area (TPSA) is 255 Å². The predicted octanol–water partition coefficient (Wildman–Crippen LogP) is 33.9. The lowest BCUT2D eigenvalue weighted by Crippen LogP contribution is -2.05. The normalized spacial score (nSPS) is 8.30. The van der Waals surface area contributed by atoms with Gasteiger partial charge >= 0.3 is 0 Å². The Morgan fingerprint density at radius 1 is 0.290 bits per heavy atom. The lowest BCUT2D eigenvalue weighted by molar-refractivity contribution is 0.532. The van der Waals surface area contributed by atoms with Gasteiger partial charge in [0.25, 0.3) is 0 Å². The van der Waals surface area contributed by atoms with Crippen molar-refractivity contribution in [1.29, 1.82) is 0 Å². The van der Waals surface area contributed by atoms with Crippen molar-refractivity contribution in [2.45, 2.75) is 372 Å². The summed E-state index contributed by atoms with van der Waals surface area (Å²) in [5.41, 5.74) is 1.13. The largest absolute Gasteiger partial charge is 0.473 e. The zero-order valence-electron chi connectivity index (χ0n) is 91.0. The molecule has 10 aromatic rings. The molecular weight excluding hydrogens is 1530 g/mol. The molecule has 0 amide bonds. The van der Waals surface area contributed by atoms with Crippen LogP contribution in [0.2, 0.25) is 0 Å². The van der Waals surface area contributed by atoms with Gasteiger partial charge in [0, 0.05) is 111 Å². The van der Waals surface area contributed by atoms with E-state index in [4.69, 9.17) is 0 Å². The van der Waals surface area contributed by atoms with Gasteiger partial charge in [-0.15, -0.1) is 5.10 Å². The van der Waals surface area contributed by atoms with Gasteiger partial charge in [0.2, 0.25) is 0 Å². The number of nitrogens with one attached hydrogen (secondary N) is 2. The minimum absolute atomic E-state index is 0.456. The first-order chi connectivity index (χ1) is 59.3. The SMILES string of the molecule is CC.CC.CC.CC.CC.CC.CC.CC.CC.CC.CC.CC(C)C.CC(C)C.CC(C)C.CC(C)C.CC(C)C.CC(C)C.CC(C)C.CC(C)C.CC(C)C1=NCN=C1.CC(C)c1ncn[nH]1.CC(C)n1cccn1.c1c[nH]cn1.c1ccccc1.c1ccncc1.c1ccnnc1.c1ccoc1.c1cnccn1.c1cncnc1.c1cnncn1. The lowest BCUT2D eigenvalue weighted by atomic mass is 10.1. The van der Waals surface area contributed by atoms with Crippen LogP contribution in [0.1, 0.15) is 378 Å². The van der Waals surface area contributed by atoms with Crippen LogP contribution in [0.3, 0.4) is 0 Å². The molecular formula is C104H209N19O. The first-order valence-electron chi connectivity index (χ1n) is 46.6. The second-order valence-electron chi connectivity index (χ2n) is 27.4. The third kappa shape index (κ3) is 289. The highest BCUT2D eigenvalue weighted by Gasteiger charge is 2.03. The summed E-state index contributed by atoms with van der Waals surface area (Å²) in [5, 5.41) is 24.5. The van der Waals surface area contributed by atoms with E-state index in [0.717, 1.165) is 58.9 Å². The molecule has 0 spiro atoms. The molecule has 0 atom stereocenters. The maximum absolute atomic E-state index is 4.58. The number of aromatic nitrogens is 17. The molecule has 0 bridgehead atoms. The molecule has 0 fully saturated rings. The molecule has 11 rings (SSSR count). The van der Waals surface area contributed by atoms with E-state index in [1.54, 1.807) is 112 Å². The van der Waals surface area contributed by atoms with E-state index >= 15 is 0 Å². The van der Waals surface area contributed by atoms with Crippen LogP contribution in [0.5, 0.6) is 0 Å². The molecule has 0 aliphatic carbocycles. The van der Waals surface area contributed by atoms with Crippen molar-refractivity contribution in [3.63, 3.8) is 0 Å². The number of benzene rings is 1. The van der Waals surface area contributed by atoms with E-state index in [2.05, 4.69) is 303 Å². The van der Waals surface area contributed by atoms with E-state index in [-0.39, 0.29) is 0 Å². The van der Waals surface area contributed by atoms with Crippen molar-refractivity contribution in [2.24, 2.45) is 63.2 Å². The number of hydrogen-bond acceptors (Lipinski definition) is 17. The maximum atomic E-state index is 4.58. The summed E-state index contributed by atoms with van der Waals surface area (Å²) in [6.07, 6.45) is 38.2. The maximum Gasteiger partial charge on any atom is 0.138 e. The molecule has 1 aliphatic rings. The molecule has 9 aromatic heterocycles. The number of pyridine rings is 1. The number of rotatable bonds is 3. The van der Waals surface area contributed by atoms with Crippen molar-refractivity contribution in [2.75, 3.05) is 6.67 Å². The molecule has 2 N–H and O–H groups in total. The minimum Gasteiger partial charge on any atom is -0.473 e. The van der Waals surface area contributed by atoms with Crippen LogP contribution < -0.4 is 0 Å². The van der Waals surface area contributed by atoms with Crippen molar-refractivity contribution in [1.82, 2.24) is 85.2 Å². The molecule has 20 nitrogen and oxygen atoms in total. The quantitative estimate of drug-likeness (QED) is 0.167. The highest BCUT2D eigenvalue weighted by Crippen LogP contribution is 2.04. The second-order valence-corrected chi connectivity index (χ2v) is 27.4. The van der Waals surface area contributed by atoms with Crippen LogP contribution in [-0.4, -0.2) is 104 Å².